The SMILES string of the molecule is [2H]C([2H])([2H])OCCOc1ccc(C#N)cn1. The third kappa shape index (κ3) is 3.09. The topological polar surface area (TPSA) is 55.1 Å². The summed E-state index contributed by atoms with van der Waals surface area (Å²) in [5.74, 6) is 0.327. The summed E-state index contributed by atoms with van der Waals surface area (Å²) in [7, 11) is -2.40. The Balaban J connectivity index is 2.30. The molecule has 4 nitrogen and oxygen atoms in total. The second-order valence-corrected chi connectivity index (χ2v) is 2.19. The van der Waals surface area contributed by atoms with E-state index in [-0.39, 0.29) is 13.2 Å². The molecule has 0 aliphatic carbocycles. The second-order valence-electron chi connectivity index (χ2n) is 2.19. The predicted octanol–water partition coefficient (Wildman–Crippen LogP) is 0.978. The second kappa shape index (κ2) is 5.12. The Hall–Kier alpha value is -1.60. The van der Waals surface area contributed by atoms with Gasteiger partial charge in [-0.3, -0.25) is 0 Å². The van der Waals surface area contributed by atoms with Gasteiger partial charge in [0, 0.05) is 19.3 Å². The van der Waals surface area contributed by atoms with E-state index >= 15 is 0 Å². The van der Waals surface area contributed by atoms with E-state index in [9.17, 15) is 0 Å². The molecule has 0 aliphatic rings. The van der Waals surface area contributed by atoms with Gasteiger partial charge in [-0.15, -0.1) is 0 Å². The van der Waals surface area contributed by atoms with Crippen molar-refractivity contribution < 1.29 is 13.6 Å². The van der Waals surface area contributed by atoms with E-state index in [1.54, 1.807) is 6.07 Å². The summed E-state index contributed by atoms with van der Waals surface area (Å²) in [4.78, 5) is 3.84. The molecular weight excluding hydrogens is 168 g/mol. The van der Waals surface area contributed by atoms with Crippen molar-refractivity contribution in [3.05, 3.63) is 23.9 Å². The highest BCUT2D eigenvalue weighted by atomic mass is 16.5. The Morgan fingerprint density at radius 1 is 1.62 bits per heavy atom. The number of ether oxygens (including phenoxy) is 2. The standard InChI is InChI=1S/C9H10N2O2/c1-12-4-5-13-9-3-2-8(6-10)7-11-9/h2-3,7H,4-5H2,1H3/i1D3. The van der Waals surface area contributed by atoms with Crippen LogP contribution in [0.15, 0.2) is 18.3 Å². The Kier molecular flexibility index (Phi) is 2.34. The quantitative estimate of drug-likeness (QED) is 0.650. The lowest BCUT2D eigenvalue weighted by Crippen LogP contribution is -2.05. The van der Waals surface area contributed by atoms with Crippen molar-refractivity contribution in [1.82, 2.24) is 4.98 Å². The van der Waals surface area contributed by atoms with Gasteiger partial charge in [0.1, 0.15) is 12.7 Å². The monoisotopic (exact) mass is 181 g/mol. The van der Waals surface area contributed by atoms with Crippen LogP contribution in [0.2, 0.25) is 0 Å². The van der Waals surface area contributed by atoms with Gasteiger partial charge in [-0.25, -0.2) is 4.98 Å². The molecule has 0 fully saturated rings. The number of nitriles is 1. The van der Waals surface area contributed by atoms with Crippen molar-refractivity contribution in [1.29, 1.82) is 5.26 Å². The fourth-order valence-corrected chi connectivity index (χ4v) is 0.720. The number of rotatable bonds is 4. The molecule has 1 aromatic rings. The Labute approximate surface area is 80.9 Å². The van der Waals surface area contributed by atoms with Crippen molar-refractivity contribution >= 4 is 0 Å². The molecule has 0 radical (unpaired) electrons. The van der Waals surface area contributed by atoms with E-state index in [1.165, 1.54) is 12.3 Å². The minimum absolute atomic E-state index is 0.0435. The lowest BCUT2D eigenvalue weighted by Gasteiger charge is -2.02. The molecule has 0 bridgehead atoms. The lowest BCUT2D eigenvalue weighted by molar-refractivity contribution is 0.144. The fourth-order valence-electron chi connectivity index (χ4n) is 0.720. The van der Waals surface area contributed by atoms with Gasteiger partial charge in [0.05, 0.1) is 16.3 Å². The molecule has 1 rings (SSSR count). The van der Waals surface area contributed by atoms with Crippen LogP contribution in [0.1, 0.15) is 9.68 Å². The number of hydrogen-bond acceptors (Lipinski definition) is 4. The fraction of sp³-hybridized carbons (Fsp3) is 0.333. The summed E-state index contributed by atoms with van der Waals surface area (Å²) >= 11 is 0. The molecule has 1 aromatic heterocycles. The Morgan fingerprint density at radius 2 is 2.54 bits per heavy atom. The first-order chi connectivity index (χ1) is 7.51. The number of aromatic nitrogens is 1. The average molecular weight is 181 g/mol. The molecule has 0 spiro atoms. The van der Waals surface area contributed by atoms with Crippen molar-refractivity contribution in [2.45, 2.75) is 0 Å². The predicted molar refractivity (Wildman–Crippen MR) is 46.3 cm³/mol. The summed E-state index contributed by atoms with van der Waals surface area (Å²) in [6.07, 6.45) is 1.37. The number of hydrogen-bond donors (Lipinski definition) is 0. The van der Waals surface area contributed by atoms with Gasteiger partial charge >= 0.3 is 0 Å². The molecule has 0 aliphatic heterocycles. The first kappa shape index (κ1) is 5.95. The number of methoxy groups -OCH3 is 1. The van der Waals surface area contributed by atoms with Crippen molar-refractivity contribution in [2.24, 2.45) is 0 Å². The molecule has 0 unspecified atom stereocenters. The van der Waals surface area contributed by atoms with E-state index < -0.39 is 7.04 Å². The minimum Gasteiger partial charge on any atom is -0.475 e. The van der Waals surface area contributed by atoms with Crippen molar-refractivity contribution in [2.75, 3.05) is 20.3 Å². The van der Waals surface area contributed by atoms with E-state index in [2.05, 4.69) is 9.72 Å². The Morgan fingerprint density at radius 3 is 3.15 bits per heavy atom. The first-order valence-electron chi connectivity index (χ1n) is 5.14. The van der Waals surface area contributed by atoms with E-state index in [1.807, 2.05) is 6.07 Å². The zero-order valence-corrected chi connectivity index (χ0v) is 6.86. The van der Waals surface area contributed by atoms with E-state index in [0.29, 0.717) is 11.4 Å². The molecular formula is C9H10N2O2. The van der Waals surface area contributed by atoms with Crippen LogP contribution in [0.3, 0.4) is 0 Å². The highest BCUT2D eigenvalue weighted by Gasteiger charge is 1.94. The zero-order chi connectivity index (χ0) is 12.0. The van der Waals surface area contributed by atoms with Gasteiger partial charge in [-0.05, 0) is 6.07 Å². The molecule has 4 heteroatoms. The summed E-state index contributed by atoms with van der Waals surface area (Å²) < 4.78 is 29.9. The third-order valence-electron chi connectivity index (χ3n) is 1.30. The van der Waals surface area contributed by atoms with Crippen LogP contribution in [0.25, 0.3) is 0 Å². The maximum absolute atomic E-state index is 8.52. The zero-order valence-electron chi connectivity index (χ0n) is 9.86. The van der Waals surface area contributed by atoms with Crippen LogP contribution < -0.4 is 4.74 Å². The van der Waals surface area contributed by atoms with Crippen LogP contribution in [-0.2, 0) is 4.74 Å². The van der Waals surface area contributed by atoms with Gasteiger partial charge in [-0.2, -0.15) is 5.26 Å². The van der Waals surface area contributed by atoms with Gasteiger partial charge in [0.15, 0.2) is 0 Å². The van der Waals surface area contributed by atoms with E-state index in [0.717, 1.165) is 0 Å². The normalized spacial score (nSPS) is 13.6. The smallest absolute Gasteiger partial charge is 0.213 e. The van der Waals surface area contributed by atoms with Gasteiger partial charge in [0.2, 0.25) is 5.88 Å². The average Bonchev–Trinajstić information content (AvgIpc) is 2.24. The minimum atomic E-state index is -2.40. The van der Waals surface area contributed by atoms with Gasteiger partial charge in [0.25, 0.3) is 0 Å². The van der Waals surface area contributed by atoms with E-state index in [4.69, 9.17) is 14.1 Å². The highest BCUT2D eigenvalue weighted by Crippen LogP contribution is 2.05. The van der Waals surface area contributed by atoms with Crippen LogP contribution in [-0.4, -0.2) is 25.2 Å². The molecule has 0 saturated carbocycles. The third-order valence-corrected chi connectivity index (χ3v) is 1.30. The maximum Gasteiger partial charge on any atom is 0.213 e. The largest absolute Gasteiger partial charge is 0.475 e. The molecule has 1 heterocycles. The van der Waals surface area contributed by atoms with Crippen molar-refractivity contribution in [3.63, 3.8) is 0 Å². The lowest BCUT2D eigenvalue weighted by atomic mass is 10.3. The summed E-state index contributed by atoms with van der Waals surface area (Å²) in [5, 5.41) is 8.52. The number of pyridine rings is 1. The Bertz CT molecular complexity index is 370. The number of nitrogens with zero attached hydrogens (tertiary/aromatic N) is 2. The molecule has 0 N–H and O–H groups in total. The molecule has 0 amide bonds. The molecule has 68 valence electrons. The summed E-state index contributed by atoms with van der Waals surface area (Å²) in [6.45, 7) is 0.0511. The molecule has 0 aromatic carbocycles. The summed E-state index contributed by atoms with van der Waals surface area (Å²) in [6, 6.07) is 5.02. The van der Waals surface area contributed by atoms with Crippen molar-refractivity contribution in [3.8, 4) is 11.9 Å². The maximum atomic E-state index is 8.52. The van der Waals surface area contributed by atoms with Crippen LogP contribution in [0.4, 0.5) is 0 Å². The van der Waals surface area contributed by atoms with Crippen LogP contribution in [0.5, 0.6) is 5.88 Å². The molecule has 0 atom stereocenters. The highest BCUT2D eigenvalue weighted by molar-refractivity contribution is 5.28. The van der Waals surface area contributed by atoms with Crippen LogP contribution >= 0.6 is 0 Å². The summed E-state index contributed by atoms with van der Waals surface area (Å²) in [5.41, 5.74) is 0.436. The molecule has 13 heavy (non-hydrogen) atoms. The van der Waals surface area contributed by atoms with Gasteiger partial charge in [-0.1, -0.05) is 0 Å². The van der Waals surface area contributed by atoms with Crippen LogP contribution in [0, 0.1) is 11.3 Å². The first-order valence-corrected chi connectivity index (χ1v) is 3.64. The molecule has 0 saturated heterocycles. The van der Waals surface area contributed by atoms with Gasteiger partial charge < -0.3 is 9.47 Å².